The van der Waals surface area contributed by atoms with E-state index in [-0.39, 0.29) is 18.2 Å². The second kappa shape index (κ2) is 6.47. The first kappa shape index (κ1) is 13.0. The monoisotopic (exact) mass is 236 g/mol. The van der Waals surface area contributed by atoms with Gasteiger partial charge in [0, 0.05) is 45.1 Å². The molecule has 0 aromatic carbocycles. The number of carbonyl (C=O) groups is 2. The van der Waals surface area contributed by atoms with Crippen LogP contribution in [0, 0.1) is 0 Å². The van der Waals surface area contributed by atoms with Crippen LogP contribution in [-0.2, 0) is 4.79 Å². The molecule has 0 saturated carbocycles. The number of nitrogens with zero attached hydrogens (tertiary/aromatic N) is 1. The molecule has 1 aromatic rings. The third kappa shape index (κ3) is 3.75. The van der Waals surface area contributed by atoms with E-state index in [0.29, 0.717) is 17.8 Å². The summed E-state index contributed by atoms with van der Waals surface area (Å²) in [4.78, 5) is 26.6. The Labute approximate surface area is 99.8 Å². The molecule has 0 spiro atoms. The van der Waals surface area contributed by atoms with Crippen molar-refractivity contribution in [3.63, 3.8) is 0 Å². The average Bonchev–Trinajstić information content (AvgIpc) is 2.38. The van der Waals surface area contributed by atoms with Crippen molar-refractivity contribution < 1.29 is 9.59 Å². The maximum absolute atomic E-state index is 11.8. The Morgan fingerprint density at radius 3 is 2.76 bits per heavy atom. The van der Waals surface area contributed by atoms with Gasteiger partial charge in [0.2, 0.25) is 5.91 Å². The predicted octanol–water partition coefficient (Wildman–Crippen LogP) is -0.0108. The Bertz CT molecular complexity index is 406. The molecule has 0 atom stereocenters. The smallest absolute Gasteiger partial charge is 0.254 e. The van der Waals surface area contributed by atoms with Gasteiger partial charge >= 0.3 is 0 Å². The second-order valence-corrected chi connectivity index (χ2v) is 3.35. The van der Waals surface area contributed by atoms with Crippen LogP contribution in [0.5, 0.6) is 0 Å². The van der Waals surface area contributed by atoms with E-state index in [9.17, 15) is 9.59 Å². The van der Waals surface area contributed by atoms with Crippen LogP contribution in [0.3, 0.4) is 0 Å². The Hall–Kier alpha value is -2.11. The van der Waals surface area contributed by atoms with Crippen molar-refractivity contribution in [2.45, 2.75) is 6.42 Å². The molecule has 0 aliphatic carbocycles. The third-order valence-electron chi connectivity index (χ3n) is 2.25. The van der Waals surface area contributed by atoms with Gasteiger partial charge in [0.25, 0.3) is 5.91 Å². The van der Waals surface area contributed by atoms with Gasteiger partial charge in [0.05, 0.1) is 5.56 Å². The minimum absolute atomic E-state index is 0.106. The van der Waals surface area contributed by atoms with Crippen LogP contribution >= 0.6 is 0 Å². The van der Waals surface area contributed by atoms with E-state index < -0.39 is 0 Å². The fourth-order valence-electron chi connectivity index (χ4n) is 1.30. The second-order valence-electron chi connectivity index (χ2n) is 3.35. The zero-order valence-electron chi connectivity index (χ0n) is 9.91. The predicted molar refractivity (Wildman–Crippen MR) is 64.8 cm³/mol. The number of pyridine rings is 1. The van der Waals surface area contributed by atoms with E-state index in [1.807, 2.05) is 0 Å². The van der Waals surface area contributed by atoms with Crippen LogP contribution in [0.25, 0.3) is 0 Å². The van der Waals surface area contributed by atoms with Crippen molar-refractivity contribution in [2.24, 2.45) is 0 Å². The van der Waals surface area contributed by atoms with Crippen LogP contribution < -0.4 is 16.0 Å². The molecule has 1 aromatic heterocycles. The van der Waals surface area contributed by atoms with Crippen molar-refractivity contribution in [1.82, 2.24) is 15.6 Å². The molecule has 92 valence electrons. The molecule has 1 rings (SSSR count). The summed E-state index contributed by atoms with van der Waals surface area (Å²) in [7, 11) is 3.29. The number of aromatic nitrogens is 1. The van der Waals surface area contributed by atoms with Gasteiger partial charge in [-0.2, -0.15) is 0 Å². The summed E-state index contributed by atoms with van der Waals surface area (Å²) in [6, 6.07) is 1.72. The lowest BCUT2D eigenvalue weighted by atomic mass is 10.2. The molecule has 0 bridgehead atoms. The number of nitrogens with one attached hydrogen (secondary N) is 3. The van der Waals surface area contributed by atoms with Gasteiger partial charge < -0.3 is 16.0 Å². The first-order valence-corrected chi connectivity index (χ1v) is 5.29. The third-order valence-corrected chi connectivity index (χ3v) is 2.25. The van der Waals surface area contributed by atoms with E-state index in [4.69, 9.17) is 0 Å². The molecular weight excluding hydrogens is 220 g/mol. The van der Waals surface area contributed by atoms with Crippen LogP contribution in [0.2, 0.25) is 0 Å². The zero-order valence-corrected chi connectivity index (χ0v) is 9.91. The van der Waals surface area contributed by atoms with Crippen LogP contribution in [0.4, 0.5) is 5.69 Å². The fraction of sp³-hybridized carbons (Fsp3) is 0.364. The largest absolute Gasteiger partial charge is 0.387 e. The van der Waals surface area contributed by atoms with Gasteiger partial charge in [0.15, 0.2) is 0 Å². The molecule has 0 saturated heterocycles. The zero-order chi connectivity index (χ0) is 12.7. The highest BCUT2D eigenvalue weighted by Gasteiger charge is 2.10. The molecule has 6 heteroatoms. The number of anilines is 1. The maximum atomic E-state index is 11.8. The summed E-state index contributed by atoms with van der Waals surface area (Å²) in [5, 5.41) is 8.05. The summed E-state index contributed by atoms with van der Waals surface area (Å²) < 4.78 is 0. The van der Waals surface area contributed by atoms with Gasteiger partial charge in [-0.15, -0.1) is 0 Å². The highest BCUT2D eigenvalue weighted by atomic mass is 16.2. The summed E-state index contributed by atoms with van der Waals surface area (Å²) in [6.45, 7) is 0.302. The lowest BCUT2D eigenvalue weighted by molar-refractivity contribution is -0.120. The molecule has 6 nitrogen and oxygen atoms in total. The molecule has 17 heavy (non-hydrogen) atoms. The van der Waals surface area contributed by atoms with Crippen molar-refractivity contribution in [1.29, 1.82) is 0 Å². The van der Waals surface area contributed by atoms with Crippen molar-refractivity contribution in [3.05, 3.63) is 24.0 Å². The number of carbonyl (C=O) groups excluding carboxylic acids is 2. The summed E-state index contributed by atoms with van der Waals surface area (Å²) >= 11 is 0. The number of rotatable bonds is 5. The van der Waals surface area contributed by atoms with Crippen molar-refractivity contribution >= 4 is 17.5 Å². The van der Waals surface area contributed by atoms with E-state index in [0.717, 1.165) is 0 Å². The average molecular weight is 236 g/mol. The van der Waals surface area contributed by atoms with E-state index >= 15 is 0 Å². The Morgan fingerprint density at radius 1 is 1.35 bits per heavy atom. The van der Waals surface area contributed by atoms with Gasteiger partial charge in [-0.1, -0.05) is 0 Å². The Balaban J connectivity index is 2.55. The Kier molecular flexibility index (Phi) is 4.93. The minimum Gasteiger partial charge on any atom is -0.387 e. The van der Waals surface area contributed by atoms with Gasteiger partial charge in [0.1, 0.15) is 0 Å². The molecule has 0 aliphatic heterocycles. The van der Waals surface area contributed by atoms with Gasteiger partial charge in [-0.3, -0.25) is 14.6 Å². The summed E-state index contributed by atoms with van der Waals surface area (Å²) in [6.07, 6.45) is 3.35. The molecule has 1 heterocycles. The van der Waals surface area contributed by atoms with E-state index in [1.54, 1.807) is 26.4 Å². The molecule has 0 aliphatic rings. The number of hydrogen-bond acceptors (Lipinski definition) is 4. The lowest BCUT2D eigenvalue weighted by Crippen LogP contribution is -2.29. The van der Waals surface area contributed by atoms with Crippen molar-refractivity contribution in [2.75, 3.05) is 26.0 Å². The highest BCUT2D eigenvalue weighted by Crippen LogP contribution is 2.11. The molecular formula is C11H16N4O2. The summed E-state index contributed by atoms with van der Waals surface area (Å²) in [5.41, 5.74) is 1.17. The van der Waals surface area contributed by atoms with E-state index in [2.05, 4.69) is 20.9 Å². The van der Waals surface area contributed by atoms with Crippen LogP contribution in [0.15, 0.2) is 18.5 Å². The lowest BCUT2D eigenvalue weighted by Gasteiger charge is -2.08. The van der Waals surface area contributed by atoms with Crippen LogP contribution in [-0.4, -0.2) is 37.4 Å². The Morgan fingerprint density at radius 2 is 2.12 bits per heavy atom. The molecule has 3 N–H and O–H groups in total. The first-order chi connectivity index (χ1) is 8.19. The fourth-order valence-corrected chi connectivity index (χ4v) is 1.30. The first-order valence-electron chi connectivity index (χ1n) is 5.29. The maximum Gasteiger partial charge on any atom is 0.254 e. The van der Waals surface area contributed by atoms with Crippen molar-refractivity contribution in [3.8, 4) is 0 Å². The van der Waals surface area contributed by atoms with Crippen LogP contribution in [0.1, 0.15) is 16.8 Å². The molecule has 0 unspecified atom stereocenters. The minimum atomic E-state index is -0.244. The normalized spacial score (nSPS) is 9.53. The molecule has 2 amide bonds. The topological polar surface area (TPSA) is 83.1 Å². The standard InChI is InChI=1S/C11H16N4O2/c1-12-9-3-5-14-7-8(9)11(17)15-6-4-10(16)13-2/h3,5,7H,4,6H2,1-2H3,(H,12,14)(H,13,16)(H,15,17). The van der Waals surface area contributed by atoms with E-state index in [1.165, 1.54) is 6.20 Å². The highest BCUT2D eigenvalue weighted by molar-refractivity contribution is 5.99. The van der Waals surface area contributed by atoms with Gasteiger partial charge in [-0.05, 0) is 6.07 Å². The summed E-state index contributed by atoms with van der Waals surface area (Å²) in [5.74, 6) is -0.350. The van der Waals surface area contributed by atoms with Gasteiger partial charge in [-0.25, -0.2) is 0 Å². The number of hydrogen-bond donors (Lipinski definition) is 3. The SMILES string of the molecule is CNC(=O)CCNC(=O)c1cnccc1NC. The molecule has 0 fully saturated rings. The quantitative estimate of drug-likeness (QED) is 0.671. The molecule has 0 radical (unpaired) electrons. The number of amides is 2.